The second kappa shape index (κ2) is 12.0. The highest BCUT2D eigenvalue weighted by molar-refractivity contribution is 7.99. The van der Waals surface area contributed by atoms with Gasteiger partial charge in [0.1, 0.15) is 11.5 Å². The fourth-order valence-corrected chi connectivity index (χ4v) is 3.77. The third kappa shape index (κ3) is 6.48. The molecule has 3 rings (SSSR count). The minimum Gasteiger partial charge on any atom is -0.492 e. The fourth-order valence-electron chi connectivity index (χ4n) is 3.13. The lowest BCUT2D eigenvalue weighted by molar-refractivity contribution is 0.101. The molecule has 3 aromatic carbocycles. The van der Waals surface area contributed by atoms with Crippen molar-refractivity contribution in [3.63, 3.8) is 0 Å². The Balaban J connectivity index is 1.94. The number of rotatable bonds is 10. The Morgan fingerprint density at radius 2 is 1.35 bits per heavy atom. The van der Waals surface area contributed by atoms with Crippen LogP contribution in [0.4, 0.5) is 20.2 Å². The Morgan fingerprint density at radius 3 is 1.91 bits per heavy atom. The van der Waals surface area contributed by atoms with Crippen LogP contribution < -0.4 is 20.1 Å². The first-order chi connectivity index (χ1) is 16.4. The first kappa shape index (κ1) is 25.0. The second-order valence-corrected chi connectivity index (χ2v) is 7.89. The number of carbonyl (C=O) groups excluding carboxylic acids is 2. The van der Waals surface area contributed by atoms with Crippen molar-refractivity contribution >= 4 is 35.0 Å². The van der Waals surface area contributed by atoms with Gasteiger partial charge in [-0.05, 0) is 38.1 Å². The number of nitrogens with one attached hydrogen (secondary N) is 2. The molecule has 0 aliphatic heterocycles. The first-order valence-electron chi connectivity index (χ1n) is 10.6. The van der Waals surface area contributed by atoms with Crippen molar-refractivity contribution in [2.45, 2.75) is 24.5 Å². The maximum absolute atomic E-state index is 13.0. The topological polar surface area (TPSA) is 76.7 Å². The molecular weight excluding hydrogens is 462 g/mol. The Kier molecular flexibility index (Phi) is 8.86. The van der Waals surface area contributed by atoms with Crippen molar-refractivity contribution in [1.29, 1.82) is 0 Å². The number of anilines is 2. The van der Waals surface area contributed by atoms with Crippen molar-refractivity contribution in [2.24, 2.45) is 0 Å². The van der Waals surface area contributed by atoms with Gasteiger partial charge in [-0.25, -0.2) is 0 Å². The summed E-state index contributed by atoms with van der Waals surface area (Å²) in [6.45, 7) is 4.17. The number of amides is 2. The molecule has 0 saturated carbocycles. The van der Waals surface area contributed by atoms with Crippen molar-refractivity contribution < 1.29 is 27.8 Å². The fraction of sp³-hybridized carbons (Fsp3) is 0.200. The smallest absolute Gasteiger partial charge is 0.288 e. The molecule has 0 heterocycles. The Hall–Kier alpha value is -3.59. The molecule has 0 spiro atoms. The summed E-state index contributed by atoms with van der Waals surface area (Å²) in [5.74, 6) is -2.96. The van der Waals surface area contributed by atoms with Gasteiger partial charge in [0, 0.05) is 22.6 Å². The van der Waals surface area contributed by atoms with Crippen LogP contribution >= 0.6 is 11.8 Å². The van der Waals surface area contributed by atoms with Gasteiger partial charge in [-0.1, -0.05) is 42.1 Å². The van der Waals surface area contributed by atoms with Gasteiger partial charge < -0.3 is 20.1 Å². The van der Waals surface area contributed by atoms with E-state index < -0.39 is 11.7 Å². The summed E-state index contributed by atoms with van der Waals surface area (Å²) in [7, 11) is 0. The van der Waals surface area contributed by atoms with Crippen LogP contribution in [0.25, 0.3) is 0 Å². The molecule has 0 aliphatic rings. The van der Waals surface area contributed by atoms with E-state index in [-0.39, 0.29) is 22.1 Å². The maximum Gasteiger partial charge on any atom is 0.288 e. The van der Waals surface area contributed by atoms with Crippen LogP contribution in [0.15, 0.2) is 71.6 Å². The molecule has 0 atom stereocenters. The zero-order chi connectivity index (χ0) is 24.5. The van der Waals surface area contributed by atoms with Crippen LogP contribution in [0.3, 0.4) is 0 Å². The molecule has 6 nitrogen and oxygen atoms in total. The Bertz CT molecular complexity index is 1140. The molecule has 0 bridgehead atoms. The normalized spacial score (nSPS) is 10.6. The van der Waals surface area contributed by atoms with E-state index in [9.17, 15) is 18.4 Å². The van der Waals surface area contributed by atoms with Crippen LogP contribution in [-0.4, -0.2) is 30.8 Å². The van der Waals surface area contributed by atoms with Gasteiger partial charge in [0.2, 0.25) is 0 Å². The molecule has 2 N–H and O–H groups in total. The zero-order valence-corrected chi connectivity index (χ0v) is 19.5. The predicted molar refractivity (Wildman–Crippen MR) is 129 cm³/mol. The predicted octanol–water partition coefficient (Wildman–Crippen LogP) is 6.30. The molecular formula is C25H24F2N2O4S. The van der Waals surface area contributed by atoms with E-state index in [2.05, 4.69) is 10.6 Å². The van der Waals surface area contributed by atoms with Crippen molar-refractivity contribution in [3.8, 4) is 11.5 Å². The van der Waals surface area contributed by atoms with E-state index >= 15 is 0 Å². The summed E-state index contributed by atoms with van der Waals surface area (Å²) in [5, 5.41) is 5.53. The third-order valence-corrected chi connectivity index (χ3v) is 5.35. The van der Waals surface area contributed by atoms with Crippen LogP contribution in [0.2, 0.25) is 0 Å². The summed E-state index contributed by atoms with van der Waals surface area (Å²) in [6, 6.07) is 17.9. The maximum atomic E-state index is 13.0. The third-order valence-electron chi connectivity index (χ3n) is 4.56. The minimum absolute atomic E-state index is 0.106. The van der Waals surface area contributed by atoms with Crippen LogP contribution in [-0.2, 0) is 0 Å². The van der Waals surface area contributed by atoms with E-state index in [1.807, 2.05) is 6.07 Å². The number of alkyl halides is 2. The second-order valence-electron chi connectivity index (χ2n) is 6.86. The van der Waals surface area contributed by atoms with E-state index in [4.69, 9.17) is 9.47 Å². The molecule has 0 unspecified atom stereocenters. The van der Waals surface area contributed by atoms with Gasteiger partial charge in [-0.3, -0.25) is 9.59 Å². The first-order valence-corrected chi connectivity index (χ1v) is 11.5. The molecule has 0 saturated heterocycles. The van der Waals surface area contributed by atoms with Gasteiger partial charge in [-0.2, -0.15) is 8.78 Å². The molecule has 0 fully saturated rings. The molecule has 0 aromatic heterocycles. The Morgan fingerprint density at radius 1 is 0.824 bits per heavy atom. The highest BCUT2D eigenvalue weighted by Crippen LogP contribution is 2.38. The number of halogens is 2. The highest BCUT2D eigenvalue weighted by Gasteiger charge is 2.20. The summed E-state index contributed by atoms with van der Waals surface area (Å²) >= 11 is 0.299. The van der Waals surface area contributed by atoms with E-state index in [0.29, 0.717) is 47.7 Å². The summed E-state index contributed by atoms with van der Waals surface area (Å²) in [5.41, 5.74) is 1.22. The monoisotopic (exact) mass is 486 g/mol. The minimum atomic E-state index is -2.66. The highest BCUT2D eigenvalue weighted by atomic mass is 32.2. The molecule has 178 valence electrons. The summed E-state index contributed by atoms with van der Waals surface area (Å²) in [6.07, 6.45) is 0. The standard InChI is InChI=1S/C25H24F2N2O4S/c1-3-32-20-15-19(29-24(31)17-12-8-9-13-22(17)34-25(26)27)21(33-4-2)14-18(20)28-23(30)16-10-6-5-7-11-16/h5-15,25H,3-4H2,1-2H3,(H,28,30)(H,29,31). The van der Waals surface area contributed by atoms with E-state index in [1.165, 1.54) is 18.2 Å². The lowest BCUT2D eigenvalue weighted by Crippen LogP contribution is -2.16. The number of hydrogen-bond acceptors (Lipinski definition) is 5. The summed E-state index contributed by atoms with van der Waals surface area (Å²) < 4.78 is 37.2. The van der Waals surface area contributed by atoms with Gasteiger partial charge in [0.25, 0.3) is 17.6 Å². The zero-order valence-electron chi connectivity index (χ0n) is 18.6. The quantitative estimate of drug-likeness (QED) is 0.329. The average Bonchev–Trinajstić information content (AvgIpc) is 2.82. The number of thioether (sulfide) groups is 1. The van der Waals surface area contributed by atoms with Gasteiger partial charge in [0.05, 0.1) is 30.2 Å². The van der Waals surface area contributed by atoms with Gasteiger partial charge in [0.15, 0.2) is 0 Å². The lowest BCUT2D eigenvalue weighted by atomic mass is 10.1. The van der Waals surface area contributed by atoms with Crippen LogP contribution in [0.5, 0.6) is 11.5 Å². The van der Waals surface area contributed by atoms with E-state index in [1.54, 1.807) is 56.3 Å². The number of hydrogen-bond donors (Lipinski definition) is 2. The van der Waals surface area contributed by atoms with Crippen molar-refractivity contribution in [2.75, 3.05) is 23.8 Å². The Labute approximate surface area is 200 Å². The van der Waals surface area contributed by atoms with Crippen LogP contribution in [0, 0.1) is 0 Å². The largest absolute Gasteiger partial charge is 0.492 e. The number of benzene rings is 3. The van der Waals surface area contributed by atoms with Gasteiger partial charge in [-0.15, -0.1) is 0 Å². The van der Waals surface area contributed by atoms with Crippen molar-refractivity contribution in [3.05, 3.63) is 77.9 Å². The molecule has 9 heteroatoms. The van der Waals surface area contributed by atoms with E-state index in [0.717, 1.165) is 0 Å². The SMILES string of the molecule is CCOc1cc(NC(=O)c2ccccc2SC(F)F)c(OCC)cc1NC(=O)c1ccccc1. The molecule has 0 radical (unpaired) electrons. The van der Waals surface area contributed by atoms with Gasteiger partial charge >= 0.3 is 0 Å². The molecule has 3 aromatic rings. The summed E-state index contributed by atoms with van der Waals surface area (Å²) in [4.78, 5) is 25.8. The average molecular weight is 487 g/mol. The molecule has 0 aliphatic carbocycles. The molecule has 2 amide bonds. The van der Waals surface area contributed by atoms with Crippen LogP contribution in [0.1, 0.15) is 34.6 Å². The van der Waals surface area contributed by atoms with Crippen molar-refractivity contribution in [1.82, 2.24) is 0 Å². The molecule has 34 heavy (non-hydrogen) atoms. The lowest BCUT2D eigenvalue weighted by Gasteiger charge is -2.18. The number of ether oxygens (including phenoxy) is 2. The number of carbonyl (C=O) groups is 2.